The zero-order chi connectivity index (χ0) is 18.7. The summed E-state index contributed by atoms with van der Waals surface area (Å²) in [5, 5.41) is 2.92. The van der Waals surface area contributed by atoms with E-state index in [2.05, 4.69) is 73.7 Å². The van der Waals surface area contributed by atoms with E-state index in [9.17, 15) is 0 Å². The van der Waals surface area contributed by atoms with Crippen LogP contribution in [0.25, 0.3) is 0 Å². The van der Waals surface area contributed by atoms with Gasteiger partial charge in [0.25, 0.3) is 0 Å². The molecule has 1 unspecified atom stereocenters. The third-order valence-corrected chi connectivity index (χ3v) is 8.00. The van der Waals surface area contributed by atoms with E-state index >= 15 is 0 Å². The maximum absolute atomic E-state index is 4.55. The van der Waals surface area contributed by atoms with Crippen LogP contribution in [-0.2, 0) is 0 Å². The summed E-state index contributed by atoms with van der Waals surface area (Å²) >= 11 is 0. The fraction of sp³-hybridized carbons (Fsp3) is 0.500. The molecule has 0 N–H and O–H groups in total. The van der Waals surface area contributed by atoms with Gasteiger partial charge in [-0.3, -0.25) is 9.65 Å². The van der Waals surface area contributed by atoms with Crippen molar-refractivity contribution in [1.82, 2.24) is 9.65 Å². The van der Waals surface area contributed by atoms with Gasteiger partial charge in [-0.1, -0.05) is 24.6 Å². The van der Waals surface area contributed by atoms with Crippen molar-refractivity contribution < 1.29 is 0 Å². The van der Waals surface area contributed by atoms with E-state index in [1.165, 1.54) is 65.3 Å². The molecule has 3 rings (SSSR count). The Bertz CT molecular complexity index is 730. The predicted octanol–water partition coefficient (Wildman–Crippen LogP) is 4.30. The maximum Gasteiger partial charge on any atom is 0.0491 e. The molecule has 3 nitrogen and oxygen atoms in total. The molecule has 1 fully saturated rings. The Morgan fingerprint density at radius 1 is 1.12 bits per heavy atom. The molecule has 26 heavy (non-hydrogen) atoms. The first kappa shape index (κ1) is 19.3. The second-order valence-electron chi connectivity index (χ2n) is 7.50. The minimum absolute atomic E-state index is 0.580. The lowest BCUT2D eigenvalue weighted by Gasteiger charge is -2.34. The molecule has 0 amide bonds. The van der Waals surface area contributed by atoms with Crippen molar-refractivity contribution >= 4 is 24.4 Å². The molecule has 1 aliphatic rings. The first-order valence-corrected chi connectivity index (χ1v) is 11.1. The number of anilines is 1. The highest BCUT2D eigenvalue weighted by molar-refractivity contribution is 7.71. The van der Waals surface area contributed by atoms with Gasteiger partial charge in [-0.15, -0.1) is 0 Å². The lowest BCUT2D eigenvalue weighted by molar-refractivity contribution is 0.549. The van der Waals surface area contributed by atoms with Gasteiger partial charge in [-0.25, -0.2) is 0 Å². The molecule has 1 aliphatic heterocycles. The van der Waals surface area contributed by atoms with E-state index in [4.69, 9.17) is 0 Å². The maximum atomic E-state index is 4.55. The van der Waals surface area contributed by atoms with Gasteiger partial charge in [-0.05, 0) is 64.3 Å². The average Bonchev–Trinajstić information content (AvgIpc) is 3.12. The van der Waals surface area contributed by atoms with Gasteiger partial charge in [0.15, 0.2) is 0 Å². The zero-order valence-corrected chi connectivity index (χ0v) is 17.8. The van der Waals surface area contributed by atoms with Crippen LogP contribution in [0.2, 0.25) is 0 Å². The summed E-state index contributed by atoms with van der Waals surface area (Å²) in [6.45, 7) is 12.5. The van der Waals surface area contributed by atoms with Crippen LogP contribution in [0.5, 0.6) is 0 Å². The molecule has 0 aliphatic carbocycles. The van der Waals surface area contributed by atoms with Crippen LogP contribution in [-0.4, -0.2) is 36.3 Å². The number of nitrogens with zero attached hydrogens (tertiary/aromatic N) is 3. The van der Waals surface area contributed by atoms with Crippen LogP contribution in [0.15, 0.2) is 30.6 Å². The number of hydrogen-bond donors (Lipinski definition) is 0. The van der Waals surface area contributed by atoms with Crippen molar-refractivity contribution in [2.75, 3.05) is 31.6 Å². The van der Waals surface area contributed by atoms with Gasteiger partial charge in [0, 0.05) is 56.4 Å². The summed E-state index contributed by atoms with van der Waals surface area (Å²) in [6, 6.07) is 6.90. The van der Waals surface area contributed by atoms with Crippen LogP contribution in [0, 0.1) is 20.8 Å². The minimum atomic E-state index is -0.580. The molecule has 1 saturated heterocycles. The smallest absolute Gasteiger partial charge is 0.0491 e. The van der Waals surface area contributed by atoms with E-state index in [0.29, 0.717) is 0 Å². The summed E-state index contributed by atoms with van der Waals surface area (Å²) in [6.07, 6.45) is 7.85. The number of hydrogen-bond acceptors (Lipinski definition) is 3. The van der Waals surface area contributed by atoms with Gasteiger partial charge in [-0.2, -0.15) is 0 Å². The number of aryl methyl sites for hydroxylation is 3. The second kappa shape index (κ2) is 8.50. The lowest BCUT2D eigenvalue weighted by atomic mass is 10.1. The number of aromatic nitrogens is 1. The second-order valence-corrected chi connectivity index (χ2v) is 9.73. The highest BCUT2D eigenvalue weighted by Gasteiger charge is 2.27. The third-order valence-electron chi connectivity index (χ3n) is 5.19. The Hall–Kier alpha value is -1.44. The SMILES string of the molecule is CCCN(C)P(c1cnccc1N1CCCC1)c1c(C)cc(C)cc1C. The van der Waals surface area contributed by atoms with E-state index in [1.54, 1.807) is 0 Å². The molecule has 1 atom stereocenters. The Labute approximate surface area is 160 Å². The molecule has 1 aromatic heterocycles. The van der Waals surface area contributed by atoms with Crippen LogP contribution >= 0.6 is 8.07 Å². The molecule has 0 bridgehead atoms. The monoisotopic (exact) mass is 369 g/mol. The Morgan fingerprint density at radius 3 is 2.38 bits per heavy atom. The van der Waals surface area contributed by atoms with Crippen LogP contribution < -0.4 is 15.5 Å². The molecule has 2 heterocycles. The Balaban J connectivity index is 2.15. The first-order chi connectivity index (χ1) is 12.5. The molecular formula is C22H32N3P. The average molecular weight is 369 g/mol. The molecule has 2 aromatic rings. The highest BCUT2D eigenvalue weighted by Crippen LogP contribution is 2.42. The summed E-state index contributed by atoms with van der Waals surface area (Å²) in [5.74, 6) is 0. The van der Waals surface area contributed by atoms with Crippen molar-refractivity contribution in [2.45, 2.75) is 47.0 Å². The van der Waals surface area contributed by atoms with Crippen LogP contribution in [0.1, 0.15) is 42.9 Å². The normalized spacial score (nSPS) is 15.7. The summed E-state index contributed by atoms with van der Waals surface area (Å²) < 4.78 is 2.57. The molecule has 140 valence electrons. The molecular weight excluding hydrogens is 337 g/mol. The number of benzene rings is 1. The van der Waals surface area contributed by atoms with Gasteiger partial charge in [0.05, 0.1) is 0 Å². The van der Waals surface area contributed by atoms with Crippen molar-refractivity contribution in [3.05, 3.63) is 47.3 Å². The van der Waals surface area contributed by atoms with Gasteiger partial charge >= 0.3 is 0 Å². The zero-order valence-electron chi connectivity index (χ0n) is 16.9. The number of rotatable bonds is 6. The van der Waals surface area contributed by atoms with E-state index in [-0.39, 0.29) is 0 Å². The fourth-order valence-electron chi connectivity index (χ4n) is 4.17. The highest BCUT2D eigenvalue weighted by atomic mass is 31.1. The van der Waals surface area contributed by atoms with E-state index < -0.39 is 8.07 Å². The first-order valence-electron chi connectivity index (χ1n) is 9.81. The molecule has 0 radical (unpaired) electrons. The quantitative estimate of drug-likeness (QED) is 0.708. The predicted molar refractivity (Wildman–Crippen MR) is 115 cm³/mol. The third kappa shape index (κ3) is 3.94. The van der Waals surface area contributed by atoms with Crippen molar-refractivity contribution in [3.63, 3.8) is 0 Å². The summed E-state index contributed by atoms with van der Waals surface area (Å²) in [7, 11) is 1.71. The largest absolute Gasteiger partial charge is 0.371 e. The molecule has 0 spiro atoms. The standard InChI is InChI=1S/C22H32N3P/c1-6-11-24(5)26(22-18(3)14-17(2)15-19(22)4)21-16-23-10-9-20(21)25-12-7-8-13-25/h9-10,14-16H,6-8,11-13H2,1-5H3. The van der Waals surface area contributed by atoms with Crippen LogP contribution in [0.3, 0.4) is 0 Å². The molecule has 0 saturated carbocycles. The van der Waals surface area contributed by atoms with E-state index in [0.717, 1.165) is 6.54 Å². The van der Waals surface area contributed by atoms with Crippen molar-refractivity contribution in [1.29, 1.82) is 0 Å². The van der Waals surface area contributed by atoms with E-state index in [1.807, 2.05) is 6.20 Å². The lowest BCUT2D eigenvalue weighted by Crippen LogP contribution is -2.33. The fourth-order valence-corrected chi connectivity index (χ4v) is 6.93. The topological polar surface area (TPSA) is 19.4 Å². The molecule has 4 heteroatoms. The van der Waals surface area contributed by atoms with Crippen molar-refractivity contribution in [2.24, 2.45) is 0 Å². The number of pyridine rings is 1. The van der Waals surface area contributed by atoms with Gasteiger partial charge in [0.1, 0.15) is 0 Å². The van der Waals surface area contributed by atoms with Crippen LogP contribution in [0.4, 0.5) is 5.69 Å². The summed E-state index contributed by atoms with van der Waals surface area (Å²) in [4.78, 5) is 7.11. The van der Waals surface area contributed by atoms with Gasteiger partial charge < -0.3 is 4.90 Å². The van der Waals surface area contributed by atoms with Crippen molar-refractivity contribution in [3.8, 4) is 0 Å². The molecule has 1 aromatic carbocycles. The van der Waals surface area contributed by atoms with Gasteiger partial charge in [0.2, 0.25) is 0 Å². The minimum Gasteiger partial charge on any atom is -0.371 e. The Morgan fingerprint density at radius 2 is 1.77 bits per heavy atom. The summed E-state index contributed by atoms with van der Waals surface area (Å²) in [5.41, 5.74) is 5.56. The Kier molecular flexibility index (Phi) is 6.32.